The maximum atomic E-state index is 12.6. The van der Waals surface area contributed by atoms with Crippen molar-refractivity contribution in [1.82, 2.24) is 9.97 Å². The summed E-state index contributed by atoms with van der Waals surface area (Å²) in [5.74, 6) is 0.980. The van der Waals surface area contributed by atoms with E-state index in [1.54, 1.807) is 18.3 Å². The predicted molar refractivity (Wildman–Crippen MR) is 112 cm³/mol. The highest BCUT2D eigenvalue weighted by atomic mass is 16.5. The van der Waals surface area contributed by atoms with E-state index in [-0.39, 0.29) is 12.0 Å². The van der Waals surface area contributed by atoms with Crippen LogP contribution in [0.4, 0.5) is 5.69 Å². The van der Waals surface area contributed by atoms with E-state index in [2.05, 4.69) is 15.3 Å². The third kappa shape index (κ3) is 4.11. The lowest BCUT2D eigenvalue weighted by atomic mass is 10.1. The number of aromatic nitrogens is 2. The maximum Gasteiger partial charge on any atom is 0.255 e. The van der Waals surface area contributed by atoms with Gasteiger partial charge < -0.3 is 14.5 Å². The molecule has 0 aliphatic carbocycles. The van der Waals surface area contributed by atoms with E-state index in [1.165, 1.54) is 0 Å². The molecular formula is C23H21N3O3. The molecule has 2 heterocycles. The number of hydrogen-bond acceptors (Lipinski definition) is 5. The highest BCUT2D eigenvalue weighted by molar-refractivity contribution is 6.04. The molecule has 146 valence electrons. The van der Waals surface area contributed by atoms with Gasteiger partial charge >= 0.3 is 0 Å². The van der Waals surface area contributed by atoms with Gasteiger partial charge in [-0.2, -0.15) is 4.98 Å². The van der Waals surface area contributed by atoms with Gasteiger partial charge in [0.15, 0.2) is 11.2 Å². The summed E-state index contributed by atoms with van der Waals surface area (Å²) in [5, 5.41) is 2.93. The largest absolute Gasteiger partial charge is 0.491 e. The average Bonchev–Trinajstić information content (AvgIpc) is 3.11. The Morgan fingerprint density at radius 3 is 2.72 bits per heavy atom. The van der Waals surface area contributed by atoms with Gasteiger partial charge in [0.05, 0.1) is 6.10 Å². The van der Waals surface area contributed by atoms with Crippen molar-refractivity contribution in [2.45, 2.75) is 26.9 Å². The second-order valence-electron chi connectivity index (χ2n) is 7.02. The van der Waals surface area contributed by atoms with E-state index in [0.29, 0.717) is 34.1 Å². The maximum absolute atomic E-state index is 12.6. The number of aryl methyl sites for hydroxylation is 1. The fraction of sp³-hybridized carbons (Fsp3) is 0.174. The second kappa shape index (κ2) is 7.75. The molecule has 6 heteroatoms. The number of nitrogens with zero attached hydrogens (tertiary/aromatic N) is 2. The van der Waals surface area contributed by atoms with Gasteiger partial charge in [0.2, 0.25) is 5.89 Å². The number of oxazole rings is 1. The van der Waals surface area contributed by atoms with Gasteiger partial charge in [-0.1, -0.05) is 6.07 Å². The van der Waals surface area contributed by atoms with Crippen LogP contribution < -0.4 is 10.1 Å². The third-order valence-electron chi connectivity index (χ3n) is 4.35. The molecule has 0 radical (unpaired) electrons. The molecule has 4 rings (SSSR count). The number of ether oxygens (including phenoxy) is 1. The average molecular weight is 387 g/mol. The molecule has 0 aliphatic rings. The number of anilines is 1. The van der Waals surface area contributed by atoms with Crippen LogP contribution in [0.5, 0.6) is 5.75 Å². The topological polar surface area (TPSA) is 77.2 Å². The fourth-order valence-corrected chi connectivity index (χ4v) is 3.05. The van der Waals surface area contributed by atoms with Crippen molar-refractivity contribution in [3.05, 3.63) is 71.9 Å². The number of amides is 1. The van der Waals surface area contributed by atoms with Crippen LogP contribution in [0.2, 0.25) is 0 Å². The van der Waals surface area contributed by atoms with Crippen LogP contribution in [0.25, 0.3) is 22.7 Å². The van der Waals surface area contributed by atoms with E-state index in [4.69, 9.17) is 9.15 Å². The molecule has 2 aromatic carbocycles. The Morgan fingerprint density at radius 2 is 1.97 bits per heavy atom. The highest BCUT2D eigenvalue weighted by Crippen LogP contribution is 2.28. The summed E-state index contributed by atoms with van der Waals surface area (Å²) < 4.78 is 11.5. The molecule has 6 nitrogen and oxygen atoms in total. The van der Waals surface area contributed by atoms with Crippen LogP contribution in [0.3, 0.4) is 0 Å². The molecule has 4 aromatic rings. The lowest BCUT2D eigenvalue weighted by Gasteiger charge is -2.11. The van der Waals surface area contributed by atoms with Crippen molar-refractivity contribution in [2.75, 3.05) is 5.32 Å². The molecule has 0 saturated carbocycles. The Labute approximate surface area is 168 Å². The minimum Gasteiger partial charge on any atom is -0.491 e. The van der Waals surface area contributed by atoms with Crippen molar-refractivity contribution in [1.29, 1.82) is 0 Å². The van der Waals surface area contributed by atoms with Crippen LogP contribution in [0.1, 0.15) is 29.8 Å². The normalized spacial score (nSPS) is 11.0. The summed E-state index contributed by atoms with van der Waals surface area (Å²) in [5.41, 5.74) is 4.24. The second-order valence-corrected chi connectivity index (χ2v) is 7.02. The lowest BCUT2D eigenvalue weighted by molar-refractivity contribution is 0.102. The Bertz CT molecular complexity index is 1150. The Balaban J connectivity index is 1.54. The van der Waals surface area contributed by atoms with Gasteiger partial charge in [0, 0.05) is 23.0 Å². The molecule has 0 fully saturated rings. The zero-order chi connectivity index (χ0) is 20.4. The van der Waals surface area contributed by atoms with Crippen LogP contribution in [0.15, 0.2) is 65.2 Å². The van der Waals surface area contributed by atoms with Crippen molar-refractivity contribution in [3.63, 3.8) is 0 Å². The molecule has 0 bridgehead atoms. The Morgan fingerprint density at radius 1 is 1.10 bits per heavy atom. The Hall–Kier alpha value is -3.67. The van der Waals surface area contributed by atoms with Crippen LogP contribution in [-0.2, 0) is 0 Å². The van der Waals surface area contributed by atoms with Gasteiger partial charge in [0.25, 0.3) is 5.91 Å². The van der Waals surface area contributed by atoms with E-state index in [9.17, 15) is 4.79 Å². The summed E-state index contributed by atoms with van der Waals surface area (Å²) in [6.07, 6.45) is 1.73. The highest BCUT2D eigenvalue weighted by Gasteiger charge is 2.13. The molecule has 0 spiro atoms. The number of nitrogens with one attached hydrogen (secondary N) is 1. The molecule has 2 aromatic heterocycles. The van der Waals surface area contributed by atoms with Crippen LogP contribution >= 0.6 is 0 Å². The summed E-state index contributed by atoms with van der Waals surface area (Å²) in [4.78, 5) is 21.3. The lowest BCUT2D eigenvalue weighted by Crippen LogP contribution is -2.13. The smallest absolute Gasteiger partial charge is 0.255 e. The summed E-state index contributed by atoms with van der Waals surface area (Å²) >= 11 is 0. The molecule has 29 heavy (non-hydrogen) atoms. The molecule has 1 N–H and O–H groups in total. The van der Waals surface area contributed by atoms with Gasteiger partial charge in [-0.25, -0.2) is 4.98 Å². The van der Waals surface area contributed by atoms with Gasteiger partial charge in [-0.15, -0.1) is 0 Å². The summed E-state index contributed by atoms with van der Waals surface area (Å²) in [6.45, 7) is 5.85. The first kappa shape index (κ1) is 18.7. The zero-order valence-corrected chi connectivity index (χ0v) is 16.5. The quantitative estimate of drug-likeness (QED) is 0.507. The van der Waals surface area contributed by atoms with Gasteiger partial charge in [0.1, 0.15) is 5.75 Å². The number of hydrogen-bond donors (Lipinski definition) is 1. The van der Waals surface area contributed by atoms with Crippen molar-refractivity contribution < 1.29 is 13.9 Å². The first-order valence-electron chi connectivity index (χ1n) is 9.40. The molecule has 0 aliphatic heterocycles. The SMILES string of the molecule is Cc1cc(NC(=O)c2cccc(OC(C)C)c2)ccc1-c1nc2ncccc2o1. The number of benzene rings is 2. The van der Waals surface area contributed by atoms with Crippen LogP contribution in [-0.4, -0.2) is 22.0 Å². The standard InChI is InChI=1S/C23H21N3O3/c1-14(2)28-18-7-4-6-16(13-18)22(27)25-17-9-10-19(15(3)12-17)23-26-21-20(29-23)8-5-11-24-21/h4-14H,1-3H3,(H,25,27). The van der Waals surface area contributed by atoms with Crippen molar-refractivity contribution in [2.24, 2.45) is 0 Å². The molecule has 1 amide bonds. The number of fused-ring (bicyclic) bond motifs is 1. The van der Waals surface area contributed by atoms with Gasteiger partial charge in [-0.05, 0) is 74.9 Å². The first-order chi connectivity index (χ1) is 14.0. The van der Waals surface area contributed by atoms with Gasteiger partial charge in [-0.3, -0.25) is 4.79 Å². The number of rotatable bonds is 5. The minimum absolute atomic E-state index is 0.0468. The van der Waals surface area contributed by atoms with Crippen LogP contribution in [0, 0.1) is 6.92 Å². The van der Waals surface area contributed by atoms with E-state index < -0.39 is 0 Å². The molecule has 0 saturated heterocycles. The monoisotopic (exact) mass is 387 g/mol. The Kier molecular flexibility index (Phi) is 4.99. The predicted octanol–water partition coefficient (Wildman–Crippen LogP) is 5.24. The van der Waals surface area contributed by atoms with E-state index >= 15 is 0 Å². The zero-order valence-electron chi connectivity index (χ0n) is 16.5. The van der Waals surface area contributed by atoms with E-state index in [0.717, 1.165) is 11.1 Å². The molecular weight excluding hydrogens is 366 g/mol. The molecule has 0 atom stereocenters. The number of pyridine rings is 1. The molecule has 0 unspecified atom stereocenters. The van der Waals surface area contributed by atoms with Crippen molar-refractivity contribution >= 4 is 22.8 Å². The summed E-state index contributed by atoms with van der Waals surface area (Å²) in [6, 6.07) is 16.4. The minimum atomic E-state index is -0.197. The summed E-state index contributed by atoms with van der Waals surface area (Å²) in [7, 11) is 0. The van der Waals surface area contributed by atoms with E-state index in [1.807, 2.05) is 63.2 Å². The number of carbonyl (C=O) groups excluding carboxylic acids is 1. The third-order valence-corrected chi connectivity index (χ3v) is 4.35. The fourth-order valence-electron chi connectivity index (χ4n) is 3.05. The van der Waals surface area contributed by atoms with Crippen molar-refractivity contribution in [3.8, 4) is 17.2 Å². The number of carbonyl (C=O) groups is 1. The first-order valence-corrected chi connectivity index (χ1v) is 9.40.